The van der Waals surface area contributed by atoms with Crippen molar-refractivity contribution in [2.45, 2.75) is 46.1 Å². The van der Waals surface area contributed by atoms with Crippen molar-refractivity contribution in [3.63, 3.8) is 0 Å². The number of carbonyl (C=O) groups is 1. The van der Waals surface area contributed by atoms with E-state index in [9.17, 15) is 4.79 Å². The molecule has 1 aliphatic carbocycles. The summed E-state index contributed by atoms with van der Waals surface area (Å²) in [5, 5.41) is 3.07. The molecule has 0 aromatic rings. The van der Waals surface area contributed by atoms with Crippen LogP contribution in [-0.4, -0.2) is 43.0 Å². The standard InChI is InChI=1S/C14H29N3O/c1-4-17(11(2)3)9-8-16-14(18)13-7-5-6-12(13)10-15/h11-13H,4-10,15H2,1-3H3,(H,16,18)/t12-,13-/m1/s1. The average molecular weight is 255 g/mol. The molecule has 0 saturated heterocycles. The van der Waals surface area contributed by atoms with Crippen molar-refractivity contribution in [1.82, 2.24) is 10.2 Å². The second kappa shape index (κ2) is 7.74. The molecule has 4 nitrogen and oxygen atoms in total. The topological polar surface area (TPSA) is 58.4 Å². The third-order valence-electron chi connectivity index (χ3n) is 4.13. The number of likely N-dealkylation sites (N-methyl/N-ethyl adjacent to an activating group) is 1. The molecule has 1 rings (SSSR count). The van der Waals surface area contributed by atoms with E-state index in [0.717, 1.165) is 38.9 Å². The number of rotatable bonds is 7. The Hall–Kier alpha value is -0.610. The van der Waals surface area contributed by atoms with E-state index in [1.165, 1.54) is 0 Å². The lowest BCUT2D eigenvalue weighted by atomic mass is 9.95. The molecule has 1 amide bonds. The third kappa shape index (κ3) is 4.25. The zero-order valence-electron chi connectivity index (χ0n) is 12.1. The molecule has 1 aliphatic rings. The molecule has 106 valence electrons. The van der Waals surface area contributed by atoms with Gasteiger partial charge in [0.1, 0.15) is 0 Å². The highest BCUT2D eigenvalue weighted by Crippen LogP contribution is 2.30. The summed E-state index contributed by atoms with van der Waals surface area (Å²) >= 11 is 0. The summed E-state index contributed by atoms with van der Waals surface area (Å²) in [5.74, 6) is 0.768. The van der Waals surface area contributed by atoms with Gasteiger partial charge in [0.05, 0.1) is 0 Å². The first-order chi connectivity index (χ1) is 8.60. The average Bonchev–Trinajstić information content (AvgIpc) is 2.82. The van der Waals surface area contributed by atoms with Gasteiger partial charge in [-0.15, -0.1) is 0 Å². The van der Waals surface area contributed by atoms with Gasteiger partial charge in [-0.1, -0.05) is 13.3 Å². The van der Waals surface area contributed by atoms with Crippen LogP contribution in [0.5, 0.6) is 0 Å². The number of hydrogen-bond donors (Lipinski definition) is 2. The van der Waals surface area contributed by atoms with Crippen molar-refractivity contribution < 1.29 is 4.79 Å². The molecule has 0 aliphatic heterocycles. The van der Waals surface area contributed by atoms with Crippen LogP contribution in [0, 0.1) is 11.8 Å². The normalized spacial score (nSPS) is 23.9. The molecular weight excluding hydrogens is 226 g/mol. The number of nitrogens with two attached hydrogens (primary N) is 1. The fraction of sp³-hybridized carbons (Fsp3) is 0.929. The summed E-state index contributed by atoms with van der Waals surface area (Å²) in [6, 6.07) is 0.537. The molecule has 0 aromatic carbocycles. The number of nitrogens with one attached hydrogen (secondary N) is 1. The summed E-state index contributed by atoms with van der Waals surface area (Å²) in [5.41, 5.74) is 5.71. The van der Waals surface area contributed by atoms with E-state index in [4.69, 9.17) is 5.73 Å². The van der Waals surface area contributed by atoms with Gasteiger partial charge in [0.15, 0.2) is 0 Å². The molecule has 4 heteroatoms. The van der Waals surface area contributed by atoms with Crippen molar-refractivity contribution in [3.8, 4) is 0 Å². The highest BCUT2D eigenvalue weighted by molar-refractivity contribution is 5.79. The number of amides is 1. The summed E-state index contributed by atoms with van der Waals surface area (Å²) in [7, 11) is 0. The first-order valence-corrected chi connectivity index (χ1v) is 7.32. The van der Waals surface area contributed by atoms with Crippen LogP contribution in [0.1, 0.15) is 40.0 Å². The Morgan fingerprint density at radius 3 is 2.72 bits per heavy atom. The molecule has 0 unspecified atom stereocenters. The van der Waals surface area contributed by atoms with Gasteiger partial charge in [-0.25, -0.2) is 0 Å². The maximum Gasteiger partial charge on any atom is 0.223 e. The van der Waals surface area contributed by atoms with Crippen LogP contribution in [0.15, 0.2) is 0 Å². The number of hydrogen-bond acceptors (Lipinski definition) is 3. The van der Waals surface area contributed by atoms with Gasteiger partial charge < -0.3 is 11.1 Å². The Morgan fingerprint density at radius 2 is 2.17 bits per heavy atom. The summed E-state index contributed by atoms with van der Waals surface area (Å²) in [6.45, 7) is 9.88. The lowest BCUT2D eigenvalue weighted by molar-refractivity contribution is -0.126. The van der Waals surface area contributed by atoms with E-state index in [1.807, 2.05) is 0 Å². The fourth-order valence-corrected chi connectivity index (χ4v) is 2.90. The molecule has 0 spiro atoms. The van der Waals surface area contributed by atoms with E-state index < -0.39 is 0 Å². The Balaban J connectivity index is 2.28. The quantitative estimate of drug-likeness (QED) is 0.719. The highest BCUT2D eigenvalue weighted by Gasteiger charge is 2.31. The maximum absolute atomic E-state index is 12.1. The van der Waals surface area contributed by atoms with Crippen LogP contribution in [0.25, 0.3) is 0 Å². The monoisotopic (exact) mass is 255 g/mol. The van der Waals surface area contributed by atoms with E-state index >= 15 is 0 Å². The van der Waals surface area contributed by atoms with Gasteiger partial charge in [0.25, 0.3) is 0 Å². The van der Waals surface area contributed by atoms with Gasteiger partial charge in [-0.2, -0.15) is 0 Å². The SMILES string of the molecule is CCN(CCNC(=O)[C@@H]1CCC[C@@H]1CN)C(C)C. The number of nitrogens with zero attached hydrogens (tertiary/aromatic N) is 1. The zero-order valence-corrected chi connectivity index (χ0v) is 12.1. The van der Waals surface area contributed by atoms with E-state index in [-0.39, 0.29) is 11.8 Å². The second-order valence-electron chi connectivity index (χ2n) is 5.55. The zero-order chi connectivity index (χ0) is 13.5. The Bertz CT molecular complexity index is 255. The Morgan fingerprint density at radius 1 is 1.44 bits per heavy atom. The lowest BCUT2D eigenvalue weighted by Gasteiger charge is -2.25. The fourth-order valence-electron chi connectivity index (χ4n) is 2.90. The molecule has 1 saturated carbocycles. The molecular formula is C14H29N3O. The van der Waals surface area contributed by atoms with Crippen LogP contribution in [0.4, 0.5) is 0 Å². The van der Waals surface area contributed by atoms with Gasteiger partial charge in [-0.05, 0) is 45.7 Å². The lowest BCUT2D eigenvalue weighted by Crippen LogP contribution is -2.41. The Kier molecular flexibility index (Phi) is 6.65. The van der Waals surface area contributed by atoms with Crippen LogP contribution < -0.4 is 11.1 Å². The second-order valence-corrected chi connectivity index (χ2v) is 5.55. The van der Waals surface area contributed by atoms with Crippen molar-refractivity contribution in [2.24, 2.45) is 17.6 Å². The predicted molar refractivity (Wildman–Crippen MR) is 75.3 cm³/mol. The van der Waals surface area contributed by atoms with Crippen LogP contribution in [0.2, 0.25) is 0 Å². The summed E-state index contributed by atoms with van der Waals surface area (Å²) < 4.78 is 0. The van der Waals surface area contributed by atoms with Crippen molar-refractivity contribution in [1.29, 1.82) is 0 Å². The first kappa shape index (κ1) is 15.4. The van der Waals surface area contributed by atoms with Crippen LogP contribution in [-0.2, 0) is 4.79 Å². The first-order valence-electron chi connectivity index (χ1n) is 7.32. The van der Waals surface area contributed by atoms with Crippen molar-refractivity contribution in [3.05, 3.63) is 0 Å². The predicted octanol–water partition coefficient (Wildman–Crippen LogP) is 1.21. The van der Waals surface area contributed by atoms with E-state index in [2.05, 4.69) is 31.0 Å². The number of carbonyl (C=O) groups excluding carboxylic acids is 1. The highest BCUT2D eigenvalue weighted by atomic mass is 16.1. The molecule has 0 radical (unpaired) electrons. The van der Waals surface area contributed by atoms with Gasteiger partial charge in [-0.3, -0.25) is 9.69 Å². The maximum atomic E-state index is 12.1. The van der Waals surface area contributed by atoms with Gasteiger partial charge >= 0.3 is 0 Å². The van der Waals surface area contributed by atoms with Crippen LogP contribution >= 0.6 is 0 Å². The Labute approximate surface area is 111 Å². The van der Waals surface area contributed by atoms with Crippen molar-refractivity contribution in [2.75, 3.05) is 26.2 Å². The minimum Gasteiger partial charge on any atom is -0.355 e. The molecule has 0 aromatic heterocycles. The minimum atomic E-state index is 0.157. The molecule has 0 bridgehead atoms. The van der Waals surface area contributed by atoms with E-state index in [0.29, 0.717) is 18.5 Å². The summed E-state index contributed by atoms with van der Waals surface area (Å²) in [6.07, 6.45) is 3.27. The third-order valence-corrected chi connectivity index (χ3v) is 4.13. The minimum absolute atomic E-state index is 0.157. The molecule has 1 fully saturated rings. The molecule has 3 N–H and O–H groups in total. The van der Waals surface area contributed by atoms with Crippen molar-refractivity contribution >= 4 is 5.91 Å². The summed E-state index contributed by atoms with van der Waals surface area (Å²) in [4.78, 5) is 14.4. The van der Waals surface area contributed by atoms with E-state index in [1.54, 1.807) is 0 Å². The van der Waals surface area contributed by atoms with Crippen LogP contribution in [0.3, 0.4) is 0 Å². The molecule has 2 atom stereocenters. The molecule has 0 heterocycles. The smallest absolute Gasteiger partial charge is 0.223 e. The largest absolute Gasteiger partial charge is 0.355 e. The molecule has 18 heavy (non-hydrogen) atoms. The van der Waals surface area contributed by atoms with Gasteiger partial charge in [0, 0.05) is 25.0 Å². The van der Waals surface area contributed by atoms with Gasteiger partial charge in [0.2, 0.25) is 5.91 Å².